The van der Waals surface area contributed by atoms with Crippen LogP contribution in [0.5, 0.6) is 0 Å². The molecule has 26 heavy (non-hydrogen) atoms. The smallest absolute Gasteiger partial charge is 0.272 e. The van der Waals surface area contributed by atoms with Crippen LogP contribution >= 0.6 is 0 Å². The Morgan fingerprint density at radius 2 is 2.00 bits per heavy atom. The average Bonchev–Trinajstić information content (AvgIpc) is 3.13. The molecule has 0 radical (unpaired) electrons. The highest BCUT2D eigenvalue weighted by Crippen LogP contribution is 2.20. The molecule has 3 aromatic rings. The number of nitrogens with one attached hydrogen (secondary N) is 1. The molecule has 7 nitrogen and oxygen atoms in total. The van der Waals surface area contributed by atoms with Gasteiger partial charge in [0.1, 0.15) is 5.69 Å². The summed E-state index contributed by atoms with van der Waals surface area (Å²) < 4.78 is 7.12. The van der Waals surface area contributed by atoms with Crippen LogP contribution in [0, 0.1) is 0 Å². The SMILES string of the molecule is C[C@@H](NC(=O)c1cn2cccnc2n1)c1ccc(N2CCOCC2)cc1. The summed E-state index contributed by atoms with van der Waals surface area (Å²) in [7, 11) is 0. The molecule has 1 amide bonds. The molecular weight excluding hydrogens is 330 g/mol. The maximum Gasteiger partial charge on any atom is 0.272 e. The maximum absolute atomic E-state index is 12.5. The van der Waals surface area contributed by atoms with Gasteiger partial charge in [-0.05, 0) is 30.7 Å². The monoisotopic (exact) mass is 351 g/mol. The van der Waals surface area contributed by atoms with Gasteiger partial charge in [-0.15, -0.1) is 0 Å². The highest BCUT2D eigenvalue weighted by molar-refractivity contribution is 5.93. The molecule has 1 saturated heterocycles. The van der Waals surface area contributed by atoms with Gasteiger partial charge in [0.05, 0.1) is 19.3 Å². The van der Waals surface area contributed by atoms with Gasteiger partial charge in [-0.3, -0.25) is 9.20 Å². The Morgan fingerprint density at radius 1 is 1.23 bits per heavy atom. The molecule has 1 aliphatic rings. The van der Waals surface area contributed by atoms with Gasteiger partial charge in [0.2, 0.25) is 5.78 Å². The van der Waals surface area contributed by atoms with Gasteiger partial charge in [-0.2, -0.15) is 0 Å². The molecular formula is C19H21N5O2. The van der Waals surface area contributed by atoms with Crippen molar-refractivity contribution in [2.24, 2.45) is 0 Å². The quantitative estimate of drug-likeness (QED) is 0.779. The summed E-state index contributed by atoms with van der Waals surface area (Å²) in [6.45, 7) is 5.32. The van der Waals surface area contributed by atoms with Crippen molar-refractivity contribution in [3.63, 3.8) is 0 Å². The molecule has 1 aliphatic heterocycles. The Morgan fingerprint density at radius 3 is 2.73 bits per heavy atom. The standard InChI is InChI=1S/C19H21N5O2/c1-14(15-3-5-16(6-4-15)23-9-11-26-12-10-23)21-18(25)17-13-24-8-2-7-20-19(24)22-17/h2-8,13-14H,9-12H2,1H3,(H,21,25)/t14-/m1/s1. The van der Waals surface area contributed by atoms with E-state index >= 15 is 0 Å². The number of benzene rings is 1. The van der Waals surface area contributed by atoms with Crippen molar-refractivity contribution < 1.29 is 9.53 Å². The number of imidazole rings is 1. The van der Waals surface area contributed by atoms with Gasteiger partial charge in [-0.1, -0.05) is 12.1 Å². The molecule has 1 fully saturated rings. The summed E-state index contributed by atoms with van der Waals surface area (Å²) in [5.74, 6) is 0.306. The van der Waals surface area contributed by atoms with Crippen LogP contribution in [0.25, 0.3) is 5.78 Å². The van der Waals surface area contributed by atoms with Gasteiger partial charge in [0.15, 0.2) is 0 Å². The predicted molar refractivity (Wildman–Crippen MR) is 98.3 cm³/mol. The van der Waals surface area contributed by atoms with Crippen molar-refractivity contribution >= 4 is 17.4 Å². The van der Waals surface area contributed by atoms with Gasteiger partial charge < -0.3 is 15.0 Å². The lowest BCUT2D eigenvalue weighted by molar-refractivity contribution is 0.0935. The van der Waals surface area contributed by atoms with Crippen molar-refractivity contribution in [3.05, 3.63) is 60.2 Å². The second kappa shape index (κ2) is 7.13. The highest BCUT2D eigenvalue weighted by Gasteiger charge is 2.16. The molecule has 0 aliphatic carbocycles. The van der Waals surface area contributed by atoms with Crippen molar-refractivity contribution in [3.8, 4) is 0 Å². The molecule has 0 unspecified atom stereocenters. The number of carbonyl (C=O) groups excluding carboxylic acids is 1. The first-order chi connectivity index (χ1) is 12.7. The minimum absolute atomic E-state index is 0.112. The van der Waals surface area contributed by atoms with Crippen molar-refractivity contribution in [2.45, 2.75) is 13.0 Å². The first-order valence-corrected chi connectivity index (χ1v) is 8.74. The first-order valence-electron chi connectivity index (χ1n) is 8.74. The summed E-state index contributed by atoms with van der Waals surface area (Å²) in [5.41, 5.74) is 2.60. The van der Waals surface area contributed by atoms with Crippen LogP contribution in [-0.2, 0) is 4.74 Å². The largest absolute Gasteiger partial charge is 0.378 e. The predicted octanol–water partition coefficient (Wildman–Crippen LogP) is 2.06. The lowest BCUT2D eigenvalue weighted by atomic mass is 10.1. The number of hydrogen-bond donors (Lipinski definition) is 1. The number of hydrogen-bond acceptors (Lipinski definition) is 5. The molecule has 1 atom stereocenters. The zero-order valence-electron chi connectivity index (χ0n) is 14.6. The molecule has 3 heterocycles. The van der Waals surface area contributed by atoms with Crippen LogP contribution in [0.1, 0.15) is 29.0 Å². The van der Waals surface area contributed by atoms with E-state index in [1.807, 2.05) is 13.1 Å². The zero-order valence-corrected chi connectivity index (χ0v) is 14.6. The summed E-state index contributed by atoms with van der Waals surface area (Å²) in [6.07, 6.45) is 5.16. The average molecular weight is 351 g/mol. The van der Waals surface area contributed by atoms with Crippen LogP contribution in [-0.4, -0.2) is 46.6 Å². The molecule has 134 valence electrons. The molecule has 1 aromatic carbocycles. The third kappa shape index (κ3) is 3.39. The van der Waals surface area contributed by atoms with Gasteiger partial charge in [0.25, 0.3) is 5.91 Å². The van der Waals surface area contributed by atoms with E-state index in [1.165, 1.54) is 5.69 Å². The maximum atomic E-state index is 12.5. The number of ether oxygens (including phenoxy) is 1. The van der Waals surface area contributed by atoms with E-state index in [1.54, 1.807) is 22.9 Å². The Hall–Kier alpha value is -2.93. The van der Waals surface area contributed by atoms with E-state index < -0.39 is 0 Å². The lowest BCUT2D eigenvalue weighted by Gasteiger charge is -2.29. The van der Waals surface area contributed by atoms with E-state index in [4.69, 9.17) is 4.74 Å². The fourth-order valence-electron chi connectivity index (χ4n) is 3.09. The molecule has 0 saturated carbocycles. The number of amides is 1. The number of anilines is 1. The number of carbonyl (C=O) groups is 1. The Balaban J connectivity index is 1.43. The second-order valence-corrected chi connectivity index (χ2v) is 6.34. The minimum Gasteiger partial charge on any atom is -0.378 e. The first kappa shape index (κ1) is 16.5. The van der Waals surface area contributed by atoms with Crippen LogP contribution < -0.4 is 10.2 Å². The van der Waals surface area contributed by atoms with Crippen LogP contribution in [0.3, 0.4) is 0 Å². The van der Waals surface area contributed by atoms with Crippen LogP contribution in [0.2, 0.25) is 0 Å². The number of rotatable bonds is 4. The molecule has 4 rings (SSSR count). The van der Waals surface area contributed by atoms with E-state index in [-0.39, 0.29) is 11.9 Å². The Labute approximate surface area is 151 Å². The highest BCUT2D eigenvalue weighted by atomic mass is 16.5. The summed E-state index contributed by atoms with van der Waals surface area (Å²) in [5, 5.41) is 3.00. The van der Waals surface area contributed by atoms with E-state index in [0.29, 0.717) is 11.5 Å². The fourth-order valence-corrected chi connectivity index (χ4v) is 3.09. The van der Waals surface area contributed by atoms with E-state index in [0.717, 1.165) is 31.9 Å². The summed E-state index contributed by atoms with van der Waals surface area (Å²) in [4.78, 5) is 23.2. The van der Waals surface area contributed by atoms with Crippen LogP contribution in [0.4, 0.5) is 5.69 Å². The van der Waals surface area contributed by atoms with Crippen molar-refractivity contribution in [2.75, 3.05) is 31.2 Å². The van der Waals surface area contributed by atoms with E-state index in [2.05, 4.69) is 44.5 Å². The third-order valence-corrected chi connectivity index (χ3v) is 4.59. The molecule has 2 aromatic heterocycles. The number of nitrogens with zero attached hydrogens (tertiary/aromatic N) is 4. The molecule has 0 spiro atoms. The van der Waals surface area contributed by atoms with Gasteiger partial charge in [0, 0.05) is 37.4 Å². The van der Waals surface area contributed by atoms with E-state index in [9.17, 15) is 4.79 Å². The number of fused-ring (bicyclic) bond motifs is 1. The minimum atomic E-state index is -0.208. The topological polar surface area (TPSA) is 71.8 Å². The van der Waals surface area contributed by atoms with Gasteiger partial charge >= 0.3 is 0 Å². The third-order valence-electron chi connectivity index (χ3n) is 4.59. The summed E-state index contributed by atoms with van der Waals surface area (Å²) >= 11 is 0. The summed E-state index contributed by atoms with van der Waals surface area (Å²) in [6, 6.07) is 9.99. The number of aromatic nitrogens is 3. The van der Waals surface area contributed by atoms with Crippen LogP contribution in [0.15, 0.2) is 48.9 Å². The van der Waals surface area contributed by atoms with Gasteiger partial charge in [-0.25, -0.2) is 9.97 Å². The second-order valence-electron chi connectivity index (χ2n) is 6.34. The normalized spacial score (nSPS) is 15.8. The zero-order chi connectivity index (χ0) is 17.9. The number of morpholine rings is 1. The molecule has 0 bridgehead atoms. The molecule has 7 heteroatoms. The fraction of sp³-hybridized carbons (Fsp3) is 0.316. The Kier molecular flexibility index (Phi) is 4.53. The van der Waals surface area contributed by atoms with Crippen molar-refractivity contribution in [1.29, 1.82) is 0 Å². The lowest BCUT2D eigenvalue weighted by Crippen LogP contribution is -2.36. The van der Waals surface area contributed by atoms with Crippen molar-refractivity contribution in [1.82, 2.24) is 19.7 Å². The molecule has 1 N–H and O–H groups in total. The Bertz CT molecular complexity index is 867.